The molecule has 1 saturated heterocycles. The molecule has 5 heteroatoms. The fraction of sp³-hybridized carbons (Fsp3) is 0.417. The molecule has 92 valence electrons. The Morgan fingerprint density at radius 1 is 1.53 bits per heavy atom. The summed E-state index contributed by atoms with van der Waals surface area (Å²) in [6, 6.07) is 4.90. The molecule has 0 aliphatic carbocycles. The summed E-state index contributed by atoms with van der Waals surface area (Å²) in [4.78, 5) is 11.0. The summed E-state index contributed by atoms with van der Waals surface area (Å²) < 4.78 is 11.8. The molecule has 2 rings (SSSR count). The van der Waals surface area contributed by atoms with Gasteiger partial charge in [0.15, 0.2) is 0 Å². The monoisotopic (exact) mass is 300 g/mol. The van der Waals surface area contributed by atoms with E-state index in [0.29, 0.717) is 12.4 Å². The quantitative estimate of drug-likeness (QED) is 0.932. The zero-order valence-corrected chi connectivity index (χ0v) is 10.8. The number of benzene rings is 1. The number of halogens is 1. The van der Waals surface area contributed by atoms with E-state index >= 15 is 0 Å². The second kappa shape index (κ2) is 5.51. The van der Waals surface area contributed by atoms with E-state index in [2.05, 4.69) is 15.9 Å². The molecule has 0 amide bonds. The topological polar surface area (TPSA) is 55.8 Å². The Labute approximate surface area is 108 Å². The van der Waals surface area contributed by atoms with Gasteiger partial charge in [-0.05, 0) is 31.0 Å². The van der Waals surface area contributed by atoms with Crippen molar-refractivity contribution < 1.29 is 19.4 Å². The normalized spacial score (nSPS) is 19.9. The van der Waals surface area contributed by atoms with E-state index in [4.69, 9.17) is 14.6 Å². The predicted molar refractivity (Wildman–Crippen MR) is 65.6 cm³/mol. The van der Waals surface area contributed by atoms with Gasteiger partial charge >= 0.3 is 5.97 Å². The van der Waals surface area contributed by atoms with Gasteiger partial charge in [-0.15, -0.1) is 0 Å². The number of carboxylic acid groups (broad SMARTS) is 1. The zero-order chi connectivity index (χ0) is 12.3. The molecule has 1 aromatic rings. The lowest BCUT2D eigenvalue weighted by atomic mass is 10.1. The summed E-state index contributed by atoms with van der Waals surface area (Å²) in [6.45, 7) is 1.27. The van der Waals surface area contributed by atoms with Crippen LogP contribution in [0.3, 0.4) is 0 Å². The van der Waals surface area contributed by atoms with Crippen LogP contribution in [0, 0.1) is 0 Å². The zero-order valence-electron chi connectivity index (χ0n) is 9.19. The summed E-state index contributed by atoms with van der Waals surface area (Å²) in [5.74, 6) is -0.591. The van der Waals surface area contributed by atoms with E-state index < -0.39 is 5.97 Å². The Morgan fingerprint density at radius 2 is 2.35 bits per heavy atom. The SMILES string of the molecule is O=C(O)c1ccc(Br)cc1OC1CCCOC1. The average Bonchev–Trinajstić information content (AvgIpc) is 2.30. The van der Waals surface area contributed by atoms with Gasteiger partial charge in [-0.1, -0.05) is 15.9 Å². The third-order valence-electron chi connectivity index (χ3n) is 2.59. The minimum Gasteiger partial charge on any atom is -0.487 e. The molecule has 0 saturated carbocycles. The molecule has 1 heterocycles. The molecule has 1 aromatic carbocycles. The van der Waals surface area contributed by atoms with Crippen molar-refractivity contribution in [3.8, 4) is 5.75 Å². The summed E-state index contributed by atoms with van der Waals surface area (Å²) in [6.07, 6.45) is 1.78. The maximum absolute atomic E-state index is 11.0. The lowest BCUT2D eigenvalue weighted by Gasteiger charge is -2.24. The number of rotatable bonds is 3. The standard InChI is InChI=1S/C12H13BrO4/c13-8-3-4-10(12(14)15)11(6-8)17-9-2-1-5-16-7-9/h3-4,6,9H,1-2,5,7H2,(H,14,15). The van der Waals surface area contributed by atoms with Crippen LogP contribution in [0.25, 0.3) is 0 Å². The van der Waals surface area contributed by atoms with Gasteiger partial charge in [-0.3, -0.25) is 0 Å². The van der Waals surface area contributed by atoms with Crippen molar-refractivity contribution in [3.05, 3.63) is 28.2 Å². The predicted octanol–water partition coefficient (Wildman–Crippen LogP) is 2.71. The molecule has 0 radical (unpaired) electrons. The summed E-state index contributed by atoms with van der Waals surface area (Å²) in [5, 5.41) is 9.06. The van der Waals surface area contributed by atoms with E-state index in [1.807, 2.05) is 0 Å². The van der Waals surface area contributed by atoms with Crippen molar-refractivity contribution in [2.75, 3.05) is 13.2 Å². The van der Waals surface area contributed by atoms with Gasteiger partial charge in [0.25, 0.3) is 0 Å². The molecule has 1 aliphatic rings. The van der Waals surface area contributed by atoms with Crippen molar-refractivity contribution >= 4 is 21.9 Å². The summed E-state index contributed by atoms with van der Waals surface area (Å²) >= 11 is 3.31. The first-order valence-corrected chi connectivity index (χ1v) is 6.23. The molecule has 4 nitrogen and oxygen atoms in total. The van der Waals surface area contributed by atoms with Crippen LogP contribution < -0.4 is 4.74 Å². The average molecular weight is 301 g/mol. The largest absolute Gasteiger partial charge is 0.487 e. The van der Waals surface area contributed by atoms with E-state index in [1.165, 1.54) is 6.07 Å². The molecule has 1 N–H and O–H groups in total. The highest BCUT2D eigenvalue weighted by Gasteiger charge is 2.19. The maximum Gasteiger partial charge on any atom is 0.339 e. The number of hydrogen-bond donors (Lipinski definition) is 1. The van der Waals surface area contributed by atoms with Crippen LogP contribution in [0.2, 0.25) is 0 Å². The molecule has 1 fully saturated rings. The Morgan fingerprint density at radius 3 is 3.00 bits per heavy atom. The number of aromatic carboxylic acids is 1. The molecule has 0 spiro atoms. The van der Waals surface area contributed by atoms with Crippen LogP contribution in [0.4, 0.5) is 0 Å². The Balaban J connectivity index is 2.17. The fourth-order valence-electron chi connectivity index (χ4n) is 1.75. The molecule has 0 bridgehead atoms. The first-order valence-electron chi connectivity index (χ1n) is 5.44. The summed E-state index contributed by atoms with van der Waals surface area (Å²) in [7, 11) is 0. The van der Waals surface area contributed by atoms with Crippen LogP contribution in [0.1, 0.15) is 23.2 Å². The Hall–Kier alpha value is -1.07. The van der Waals surface area contributed by atoms with Gasteiger partial charge in [0, 0.05) is 11.1 Å². The molecule has 0 aromatic heterocycles. The van der Waals surface area contributed by atoms with E-state index in [1.54, 1.807) is 12.1 Å². The van der Waals surface area contributed by atoms with Gasteiger partial charge in [0.05, 0.1) is 6.61 Å². The fourth-order valence-corrected chi connectivity index (χ4v) is 2.09. The number of carboxylic acids is 1. The molecule has 1 aliphatic heterocycles. The van der Waals surface area contributed by atoms with Crippen molar-refractivity contribution in [2.24, 2.45) is 0 Å². The highest BCUT2D eigenvalue weighted by molar-refractivity contribution is 9.10. The highest BCUT2D eigenvalue weighted by atomic mass is 79.9. The molecular weight excluding hydrogens is 288 g/mol. The van der Waals surface area contributed by atoms with Gasteiger partial charge in [0.2, 0.25) is 0 Å². The Kier molecular flexibility index (Phi) is 4.02. The smallest absolute Gasteiger partial charge is 0.339 e. The first kappa shape index (κ1) is 12.4. The van der Waals surface area contributed by atoms with Crippen LogP contribution in [-0.4, -0.2) is 30.4 Å². The van der Waals surface area contributed by atoms with Crippen molar-refractivity contribution in [3.63, 3.8) is 0 Å². The molecule has 1 unspecified atom stereocenters. The van der Waals surface area contributed by atoms with Gasteiger partial charge in [-0.25, -0.2) is 4.79 Å². The summed E-state index contributed by atoms with van der Waals surface area (Å²) in [5.41, 5.74) is 0.179. The third kappa shape index (κ3) is 3.20. The van der Waals surface area contributed by atoms with Crippen molar-refractivity contribution in [1.29, 1.82) is 0 Å². The van der Waals surface area contributed by atoms with Gasteiger partial charge in [-0.2, -0.15) is 0 Å². The van der Waals surface area contributed by atoms with Crippen LogP contribution in [0.15, 0.2) is 22.7 Å². The van der Waals surface area contributed by atoms with Crippen LogP contribution in [0.5, 0.6) is 5.75 Å². The first-order chi connectivity index (χ1) is 8.16. The minimum absolute atomic E-state index is 0.0591. The highest BCUT2D eigenvalue weighted by Crippen LogP contribution is 2.26. The second-order valence-electron chi connectivity index (χ2n) is 3.90. The lowest BCUT2D eigenvalue weighted by molar-refractivity contribution is 0.00676. The molecule has 1 atom stereocenters. The van der Waals surface area contributed by atoms with Crippen molar-refractivity contribution in [1.82, 2.24) is 0 Å². The van der Waals surface area contributed by atoms with E-state index in [0.717, 1.165) is 23.9 Å². The van der Waals surface area contributed by atoms with Crippen molar-refractivity contribution in [2.45, 2.75) is 18.9 Å². The number of ether oxygens (including phenoxy) is 2. The maximum atomic E-state index is 11.0. The van der Waals surface area contributed by atoms with Gasteiger partial charge < -0.3 is 14.6 Å². The number of carbonyl (C=O) groups is 1. The third-order valence-corrected chi connectivity index (χ3v) is 3.08. The number of hydrogen-bond acceptors (Lipinski definition) is 3. The lowest BCUT2D eigenvalue weighted by Crippen LogP contribution is -2.28. The minimum atomic E-state index is -0.982. The second-order valence-corrected chi connectivity index (χ2v) is 4.82. The van der Waals surface area contributed by atoms with Crippen LogP contribution in [-0.2, 0) is 4.74 Å². The van der Waals surface area contributed by atoms with E-state index in [-0.39, 0.29) is 11.7 Å². The molecule has 17 heavy (non-hydrogen) atoms. The van der Waals surface area contributed by atoms with Crippen LogP contribution >= 0.6 is 15.9 Å². The van der Waals surface area contributed by atoms with E-state index in [9.17, 15) is 4.79 Å². The Bertz CT molecular complexity index is 413. The molecular formula is C12H13BrO4. The van der Waals surface area contributed by atoms with Gasteiger partial charge in [0.1, 0.15) is 17.4 Å².